The number of phenolic OH excluding ortho intramolecular Hbond substituents is 1. The number of phenols is 1. The average Bonchev–Trinajstić information content (AvgIpc) is 2.24. The molecule has 0 aliphatic heterocycles. The molecule has 1 unspecified atom stereocenters. The van der Waals surface area contributed by atoms with Crippen LogP contribution in [-0.2, 0) is 6.54 Å². The molecule has 0 aliphatic rings. The molecule has 1 rings (SSSR count). The highest BCUT2D eigenvalue weighted by molar-refractivity contribution is 5.35. The summed E-state index contributed by atoms with van der Waals surface area (Å²) in [5, 5.41) is 21.8. The van der Waals surface area contributed by atoms with Gasteiger partial charge in [-0.1, -0.05) is 24.6 Å². The Hall–Kier alpha value is -1.06. The predicted molar refractivity (Wildman–Crippen MR) is 60.8 cm³/mol. The molecule has 3 N–H and O–H groups in total. The fourth-order valence-corrected chi connectivity index (χ4v) is 1.45. The van der Waals surface area contributed by atoms with Crippen LogP contribution < -0.4 is 5.32 Å². The second-order valence-electron chi connectivity index (χ2n) is 3.80. The molecule has 0 bridgehead atoms. The average molecular weight is 209 g/mol. The molecule has 0 spiro atoms. The number of hydrogen-bond donors (Lipinski definition) is 3. The van der Waals surface area contributed by atoms with Crippen LogP contribution in [0.4, 0.5) is 0 Å². The number of aryl methyl sites for hydroxylation is 1. The van der Waals surface area contributed by atoms with Crippen molar-refractivity contribution in [2.24, 2.45) is 0 Å². The lowest BCUT2D eigenvalue weighted by Gasteiger charge is -2.14. The summed E-state index contributed by atoms with van der Waals surface area (Å²) in [5.41, 5.74) is 2.00. The summed E-state index contributed by atoms with van der Waals surface area (Å²) >= 11 is 0. The van der Waals surface area contributed by atoms with E-state index in [0.717, 1.165) is 17.5 Å². The second-order valence-corrected chi connectivity index (χ2v) is 3.80. The molecular formula is C12H19NO2. The quantitative estimate of drug-likeness (QED) is 0.690. The first kappa shape index (κ1) is 12.0. The summed E-state index contributed by atoms with van der Waals surface area (Å²) in [4.78, 5) is 0. The van der Waals surface area contributed by atoms with Crippen molar-refractivity contribution in [3.63, 3.8) is 0 Å². The molecule has 0 aromatic heterocycles. The summed E-state index contributed by atoms with van der Waals surface area (Å²) in [5.74, 6) is 0.306. The van der Waals surface area contributed by atoms with Gasteiger partial charge in [-0.2, -0.15) is 0 Å². The molecule has 1 atom stereocenters. The van der Waals surface area contributed by atoms with Gasteiger partial charge in [0.05, 0.1) is 6.61 Å². The van der Waals surface area contributed by atoms with Crippen molar-refractivity contribution in [3.05, 3.63) is 29.3 Å². The van der Waals surface area contributed by atoms with Crippen molar-refractivity contribution in [1.82, 2.24) is 5.32 Å². The second kappa shape index (κ2) is 5.73. The molecule has 0 fully saturated rings. The fourth-order valence-electron chi connectivity index (χ4n) is 1.45. The molecule has 0 saturated heterocycles. The van der Waals surface area contributed by atoms with E-state index in [4.69, 9.17) is 5.11 Å². The van der Waals surface area contributed by atoms with Crippen LogP contribution in [-0.4, -0.2) is 22.9 Å². The van der Waals surface area contributed by atoms with Crippen molar-refractivity contribution in [2.45, 2.75) is 32.9 Å². The summed E-state index contributed by atoms with van der Waals surface area (Å²) in [7, 11) is 0. The Kier molecular flexibility index (Phi) is 4.59. The molecule has 1 aromatic carbocycles. The maximum absolute atomic E-state index is 9.59. The first-order chi connectivity index (χ1) is 7.17. The van der Waals surface area contributed by atoms with Crippen LogP contribution in [0.2, 0.25) is 0 Å². The molecule has 3 heteroatoms. The van der Waals surface area contributed by atoms with Gasteiger partial charge in [-0.05, 0) is 19.4 Å². The molecule has 84 valence electrons. The molecule has 3 nitrogen and oxygen atoms in total. The standard InChI is InChI=1S/C12H19NO2/c1-3-11(8-14)13-7-10-6-9(2)4-5-12(10)15/h4-6,11,13-15H,3,7-8H2,1-2H3. The van der Waals surface area contributed by atoms with Gasteiger partial charge >= 0.3 is 0 Å². The minimum atomic E-state index is 0.102. The highest BCUT2D eigenvalue weighted by atomic mass is 16.3. The van der Waals surface area contributed by atoms with E-state index < -0.39 is 0 Å². The van der Waals surface area contributed by atoms with Crippen molar-refractivity contribution >= 4 is 0 Å². The maximum atomic E-state index is 9.59. The van der Waals surface area contributed by atoms with Crippen LogP contribution in [0.25, 0.3) is 0 Å². The van der Waals surface area contributed by atoms with E-state index >= 15 is 0 Å². The Morgan fingerprint density at radius 1 is 1.40 bits per heavy atom. The van der Waals surface area contributed by atoms with E-state index in [1.165, 1.54) is 0 Å². The molecule has 0 saturated carbocycles. The lowest BCUT2D eigenvalue weighted by atomic mass is 10.1. The zero-order valence-electron chi connectivity index (χ0n) is 9.33. The van der Waals surface area contributed by atoms with Gasteiger partial charge in [0.2, 0.25) is 0 Å². The van der Waals surface area contributed by atoms with E-state index in [0.29, 0.717) is 12.3 Å². The number of aliphatic hydroxyl groups excluding tert-OH is 1. The summed E-state index contributed by atoms with van der Waals surface area (Å²) in [6.07, 6.45) is 0.878. The minimum absolute atomic E-state index is 0.102. The highest BCUT2D eigenvalue weighted by Gasteiger charge is 2.05. The molecule has 0 amide bonds. The summed E-state index contributed by atoms with van der Waals surface area (Å²) in [6.45, 7) is 4.73. The third kappa shape index (κ3) is 3.53. The number of aromatic hydroxyl groups is 1. The van der Waals surface area contributed by atoms with Crippen LogP contribution in [0.1, 0.15) is 24.5 Å². The zero-order valence-corrected chi connectivity index (χ0v) is 9.33. The van der Waals surface area contributed by atoms with Gasteiger partial charge < -0.3 is 15.5 Å². The van der Waals surface area contributed by atoms with Crippen molar-refractivity contribution < 1.29 is 10.2 Å². The van der Waals surface area contributed by atoms with Gasteiger partial charge in [0.1, 0.15) is 5.75 Å². The van der Waals surface area contributed by atoms with Crippen LogP contribution in [0.15, 0.2) is 18.2 Å². The van der Waals surface area contributed by atoms with Gasteiger partial charge in [-0.3, -0.25) is 0 Å². The smallest absolute Gasteiger partial charge is 0.120 e. The number of hydrogen-bond acceptors (Lipinski definition) is 3. The van der Waals surface area contributed by atoms with Gasteiger partial charge in [0.15, 0.2) is 0 Å². The first-order valence-corrected chi connectivity index (χ1v) is 5.30. The van der Waals surface area contributed by atoms with Crippen LogP contribution in [0.5, 0.6) is 5.75 Å². The fraction of sp³-hybridized carbons (Fsp3) is 0.500. The highest BCUT2D eigenvalue weighted by Crippen LogP contribution is 2.17. The van der Waals surface area contributed by atoms with Gasteiger partial charge in [-0.25, -0.2) is 0 Å². The van der Waals surface area contributed by atoms with E-state index in [1.54, 1.807) is 6.07 Å². The molecule has 0 aliphatic carbocycles. The molecule has 1 aromatic rings. The van der Waals surface area contributed by atoms with Crippen molar-refractivity contribution in [3.8, 4) is 5.75 Å². The topological polar surface area (TPSA) is 52.5 Å². The van der Waals surface area contributed by atoms with Crippen molar-refractivity contribution in [1.29, 1.82) is 0 Å². The molecular weight excluding hydrogens is 190 g/mol. The van der Waals surface area contributed by atoms with E-state index in [2.05, 4.69) is 5.32 Å². The van der Waals surface area contributed by atoms with E-state index in [-0.39, 0.29) is 12.6 Å². The van der Waals surface area contributed by atoms with E-state index in [9.17, 15) is 5.11 Å². The van der Waals surface area contributed by atoms with Crippen LogP contribution in [0, 0.1) is 6.92 Å². The number of benzene rings is 1. The van der Waals surface area contributed by atoms with Gasteiger partial charge in [0, 0.05) is 18.2 Å². The Labute approximate surface area is 90.8 Å². The Morgan fingerprint density at radius 2 is 2.13 bits per heavy atom. The lowest BCUT2D eigenvalue weighted by molar-refractivity contribution is 0.238. The number of aliphatic hydroxyl groups is 1. The monoisotopic (exact) mass is 209 g/mol. The third-order valence-electron chi connectivity index (χ3n) is 2.53. The number of nitrogens with one attached hydrogen (secondary N) is 1. The molecule has 15 heavy (non-hydrogen) atoms. The van der Waals surface area contributed by atoms with Gasteiger partial charge in [-0.15, -0.1) is 0 Å². The van der Waals surface area contributed by atoms with Crippen molar-refractivity contribution in [2.75, 3.05) is 6.61 Å². The third-order valence-corrected chi connectivity index (χ3v) is 2.53. The lowest BCUT2D eigenvalue weighted by Crippen LogP contribution is -2.31. The zero-order chi connectivity index (χ0) is 11.3. The Morgan fingerprint density at radius 3 is 2.73 bits per heavy atom. The molecule has 0 heterocycles. The summed E-state index contributed by atoms with van der Waals surface area (Å²) < 4.78 is 0. The Balaban J connectivity index is 2.60. The Bertz CT molecular complexity index is 308. The number of rotatable bonds is 5. The minimum Gasteiger partial charge on any atom is -0.508 e. The van der Waals surface area contributed by atoms with Crippen LogP contribution >= 0.6 is 0 Å². The maximum Gasteiger partial charge on any atom is 0.120 e. The molecule has 0 radical (unpaired) electrons. The SMILES string of the molecule is CCC(CO)NCc1cc(C)ccc1O. The predicted octanol–water partition coefficient (Wildman–Crippen LogP) is 1.56. The van der Waals surface area contributed by atoms with Crippen LogP contribution in [0.3, 0.4) is 0 Å². The summed E-state index contributed by atoms with van der Waals surface area (Å²) in [6, 6.07) is 5.63. The normalized spacial score (nSPS) is 12.7. The first-order valence-electron chi connectivity index (χ1n) is 5.30. The largest absolute Gasteiger partial charge is 0.508 e. The van der Waals surface area contributed by atoms with Gasteiger partial charge in [0.25, 0.3) is 0 Å². The van der Waals surface area contributed by atoms with E-state index in [1.807, 2.05) is 26.0 Å².